The second-order valence-corrected chi connectivity index (χ2v) is 4.85. The van der Waals surface area contributed by atoms with Crippen molar-refractivity contribution >= 4 is 5.91 Å². The first-order valence-corrected chi connectivity index (χ1v) is 5.72. The van der Waals surface area contributed by atoms with Crippen molar-refractivity contribution in [3.05, 3.63) is 11.6 Å². The summed E-state index contributed by atoms with van der Waals surface area (Å²) in [6.45, 7) is 4.88. The van der Waals surface area contributed by atoms with Crippen LogP contribution in [0.1, 0.15) is 39.5 Å². The highest BCUT2D eigenvalue weighted by Gasteiger charge is 2.25. The van der Waals surface area contributed by atoms with Crippen molar-refractivity contribution in [1.29, 1.82) is 0 Å². The van der Waals surface area contributed by atoms with Crippen LogP contribution in [0, 0.1) is 5.41 Å². The van der Waals surface area contributed by atoms with E-state index in [-0.39, 0.29) is 5.91 Å². The minimum Gasteiger partial charge on any atom is -0.355 e. The van der Waals surface area contributed by atoms with E-state index in [2.05, 4.69) is 11.4 Å². The smallest absolute Gasteiger partial charge is 0.226 e. The van der Waals surface area contributed by atoms with E-state index in [1.165, 1.54) is 24.8 Å². The standard InChI is InChI=1S/C12H22N2O/c1-12(2,9-13)11(15)14-8-7-10-5-3-4-6-10/h5H,3-4,6-9,13H2,1-2H3,(H,14,15). The van der Waals surface area contributed by atoms with E-state index < -0.39 is 5.41 Å². The van der Waals surface area contributed by atoms with Gasteiger partial charge < -0.3 is 11.1 Å². The lowest BCUT2D eigenvalue weighted by Gasteiger charge is -2.21. The third-order valence-electron chi connectivity index (χ3n) is 2.99. The van der Waals surface area contributed by atoms with Gasteiger partial charge in [-0.2, -0.15) is 0 Å². The van der Waals surface area contributed by atoms with Crippen LogP contribution in [-0.4, -0.2) is 19.0 Å². The Morgan fingerprint density at radius 3 is 2.87 bits per heavy atom. The molecule has 15 heavy (non-hydrogen) atoms. The lowest BCUT2D eigenvalue weighted by Crippen LogP contribution is -2.42. The van der Waals surface area contributed by atoms with Crippen LogP contribution in [0.3, 0.4) is 0 Å². The highest BCUT2D eigenvalue weighted by molar-refractivity contribution is 5.81. The molecule has 3 heteroatoms. The van der Waals surface area contributed by atoms with Crippen LogP contribution in [-0.2, 0) is 4.79 Å². The Kier molecular flexibility index (Phi) is 4.33. The zero-order valence-electron chi connectivity index (χ0n) is 9.81. The molecule has 0 atom stereocenters. The number of amides is 1. The molecule has 1 amide bonds. The van der Waals surface area contributed by atoms with Crippen LogP contribution in [0.2, 0.25) is 0 Å². The molecular weight excluding hydrogens is 188 g/mol. The minimum atomic E-state index is -0.440. The minimum absolute atomic E-state index is 0.0589. The molecule has 0 bridgehead atoms. The summed E-state index contributed by atoms with van der Waals surface area (Å²) < 4.78 is 0. The monoisotopic (exact) mass is 210 g/mol. The van der Waals surface area contributed by atoms with E-state index in [1.807, 2.05) is 13.8 Å². The van der Waals surface area contributed by atoms with E-state index in [4.69, 9.17) is 5.73 Å². The molecule has 0 radical (unpaired) electrons. The van der Waals surface area contributed by atoms with E-state index in [0.717, 1.165) is 13.0 Å². The first kappa shape index (κ1) is 12.2. The average Bonchev–Trinajstić information content (AvgIpc) is 2.70. The molecule has 1 aliphatic carbocycles. The summed E-state index contributed by atoms with van der Waals surface area (Å²) in [5, 5.41) is 2.94. The van der Waals surface area contributed by atoms with Crippen molar-refractivity contribution < 1.29 is 4.79 Å². The van der Waals surface area contributed by atoms with E-state index in [0.29, 0.717) is 6.54 Å². The average molecular weight is 210 g/mol. The molecule has 0 aliphatic heterocycles. The van der Waals surface area contributed by atoms with Gasteiger partial charge in [0.2, 0.25) is 5.91 Å². The normalized spacial score (nSPS) is 16.3. The van der Waals surface area contributed by atoms with Gasteiger partial charge in [-0.05, 0) is 39.5 Å². The molecule has 86 valence electrons. The van der Waals surface area contributed by atoms with Gasteiger partial charge >= 0.3 is 0 Å². The SMILES string of the molecule is CC(C)(CN)C(=O)NCCC1=CCCC1. The lowest BCUT2D eigenvalue weighted by atomic mass is 9.92. The molecule has 0 aromatic heterocycles. The number of nitrogens with one attached hydrogen (secondary N) is 1. The maximum absolute atomic E-state index is 11.7. The van der Waals surface area contributed by atoms with Crippen LogP contribution in [0.25, 0.3) is 0 Å². The molecular formula is C12H22N2O. The molecule has 0 heterocycles. The first-order chi connectivity index (χ1) is 7.06. The summed E-state index contributed by atoms with van der Waals surface area (Å²) in [7, 11) is 0. The highest BCUT2D eigenvalue weighted by atomic mass is 16.2. The second kappa shape index (κ2) is 5.31. The first-order valence-electron chi connectivity index (χ1n) is 5.72. The molecule has 0 unspecified atom stereocenters. The molecule has 0 aromatic rings. The Morgan fingerprint density at radius 2 is 2.33 bits per heavy atom. The van der Waals surface area contributed by atoms with Crippen molar-refractivity contribution in [1.82, 2.24) is 5.32 Å². The Morgan fingerprint density at radius 1 is 1.60 bits per heavy atom. The number of rotatable bonds is 5. The quantitative estimate of drug-likeness (QED) is 0.677. The predicted molar refractivity (Wildman–Crippen MR) is 62.4 cm³/mol. The molecule has 0 aromatic carbocycles. The summed E-state index contributed by atoms with van der Waals surface area (Å²) >= 11 is 0. The van der Waals surface area contributed by atoms with Crippen LogP contribution < -0.4 is 11.1 Å². The van der Waals surface area contributed by atoms with Gasteiger partial charge in [-0.15, -0.1) is 0 Å². The van der Waals surface area contributed by atoms with Gasteiger partial charge in [0.15, 0.2) is 0 Å². The molecule has 0 saturated heterocycles. The van der Waals surface area contributed by atoms with Crippen molar-refractivity contribution in [2.75, 3.05) is 13.1 Å². The van der Waals surface area contributed by atoms with E-state index in [1.54, 1.807) is 0 Å². The lowest BCUT2D eigenvalue weighted by molar-refractivity contribution is -0.128. The van der Waals surface area contributed by atoms with Crippen LogP contribution in [0.5, 0.6) is 0 Å². The van der Waals surface area contributed by atoms with Gasteiger partial charge in [0.1, 0.15) is 0 Å². The zero-order valence-corrected chi connectivity index (χ0v) is 9.81. The fourth-order valence-electron chi connectivity index (χ4n) is 1.63. The second-order valence-electron chi connectivity index (χ2n) is 4.85. The molecule has 0 saturated carbocycles. The number of nitrogens with two attached hydrogens (primary N) is 1. The summed E-state index contributed by atoms with van der Waals surface area (Å²) in [5.74, 6) is 0.0589. The Labute approximate surface area is 92.1 Å². The fourth-order valence-corrected chi connectivity index (χ4v) is 1.63. The third-order valence-corrected chi connectivity index (χ3v) is 2.99. The molecule has 3 N–H and O–H groups in total. The van der Waals surface area contributed by atoms with Crippen LogP contribution in [0.4, 0.5) is 0 Å². The van der Waals surface area contributed by atoms with Gasteiger partial charge in [-0.1, -0.05) is 11.6 Å². The van der Waals surface area contributed by atoms with Gasteiger partial charge in [0, 0.05) is 13.1 Å². The summed E-state index contributed by atoms with van der Waals surface area (Å²) in [6, 6.07) is 0. The number of carbonyl (C=O) groups is 1. The van der Waals surface area contributed by atoms with Gasteiger partial charge in [-0.25, -0.2) is 0 Å². The van der Waals surface area contributed by atoms with Crippen molar-refractivity contribution in [2.45, 2.75) is 39.5 Å². The Balaban J connectivity index is 2.22. The largest absolute Gasteiger partial charge is 0.355 e. The number of allylic oxidation sites excluding steroid dienone is 1. The van der Waals surface area contributed by atoms with Crippen molar-refractivity contribution in [2.24, 2.45) is 11.1 Å². The van der Waals surface area contributed by atoms with Gasteiger partial charge in [0.05, 0.1) is 5.41 Å². The summed E-state index contributed by atoms with van der Waals surface area (Å²) in [4.78, 5) is 11.7. The molecule has 0 fully saturated rings. The summed E-state index contributed by atoms with van der Waals surface area (Å²) in [5.41, 5.74) is 6.58. The molecule has 1 rings (SSSR count). The van der Waals surface area contributed by atoms with Crippen LogP contribution in [0.15, 0.2) is 11.6 Å². The van der Waals surface area contributed by atoms with Gasteiger partial charge in [0.25, 0.3) is 0 Å². The summed E-state index contributed by atoms with van der Waals surface area (Å²) in [6.07, 6.45) is 6.97. The predicted octanol–water partition coefficient (Wildman–Crippen LogP) is 1.59. The maximum atomic E-state index is 11.7. The number of carbonyl (C=O) groups excluding carboxylic acids is 1. The topological polar surface area (TPSA) is 55.1 Å². The maximum Gasteiger partial charge on any atom is 0.226 e. The Hall–Kier alpha value is -0.830. The molecule has 1 aliphatic rings. The third kappa shape index (κ3) is 3.67. The van der Waals surface area contributed by atoms with E-state index in [9.17, 15) is 4.79 Å². The Bertz CT molecular complexity index is 256. The molecule has 0 spiro atoms. The zero-order chi connectivity index (χ0) is 11.3. The van der Waals surface area contributed by atoms with E-state index >= 15 is 0 Å². The van der Waals surface area contributed by atoms with Gasteiger partial charge in [-0.3, -0.25) is 4.79 Å². The van der Waals surface area contributed by atoms with Crippen molar-refractivity contribution in [3.8, 4) is 0 Å². The van der Waals surface area contributed by atoms with Crippen LogP contribution >= 0.6 is 0 Å². The fraction of sp³-hybridized carbons (Fsp3) is 0.750. The number of hydrogen-bond donors (Lipinski definition) is 2. The number of hydrogen-bond acceptors (Lipinski definition) is 2. The molecule has 3 nitrogen and oxygen atoms in total. The highest BCUT2D eigenvalue weighted by Crippen LogP contribution is 2.20. The van der Waals surface area contributed by atoms with Crippen molar-refractivity contribution in [3.63, 3.8) is 0 Å².